The smallest absolute Gasteiger partial charge is 0.229 e. The number of thiophene rings is 1. The molecule has 1 saturated carbocycles. The molecule has 0 amide bonds. The largest absolute Gasteiger partial charge is 0.366 e. The maximum atomic E-state index is 7.73. The number of hydrogen-bond acceptors (Lipinski definition) is 8. The summed E-state index contributed by atoms with van der Waals surface area (Å²) < 4.78 is 1.07. The van der Waals surface area contributed by atoms with Crippen molar-refractivity contribution in [2.24, 2.45) is 0 Å². The molecule has 4 rings (SSSR count). The highest BCUT2D eigenvalue weighted by Gasteiger charge is 2.17. The Morgan fingerprint density at radius 3 is 2.86 bits per heavy atom. The molecule has 0 atom stereocenters. The molecule has 7 nitrogen and oxygen atoms in total. The zero-order valence-electron chi connectivity index (χ0n) is 16.4. The van der Waals surface area contributed by atoms with E-state index < -0.39 is 0 Å². The van der Waals surface area contributed by atoms with Gasteiger partial charge in [-0.05, 0) is 42.8 Å². The van der Waals surface area contributed by atoms with Gasteiger partial charge in [-0.3, -0.25) is 4.98 Å². The van der Waals surface area contributed by atoms with Gasteiger partial charge in [-0.15, -0.1) is 11.3 Å². The summed E-state index contributed by atoms with van der Waals surface area (Å²) in [4.78, 5) is 13.5. The van der Waals surface area contributed by atoms with Gasteiger partial charge >= 0.3 is 0 Å². The van der Waals surface area contributed by atoms with Crippen LogP contribution in [0, 0.1) is 12.3 Å². The molecule has 0 spiro atoms. The number of fused-ring (bicyclic) bond motifs is 1. The van der Waals surface area contributed by atoms with Crippen LogP contribution in [0.2, 0.25) is 0 Å². The van der Waals surface area contributed by atoms with Crippen LogP contribution in [0.15, 0.2) is 41.8 Å². The molecular weight excluding hydrogens is 382 g/mol. The molecule has 3 heterocycles. The van der Waals surface area contributed by atoms with Gasteiger partial charge in [0, 0.05) is 24.7 Å². The fourth-order valence-electron chi connectivity index (χ4n) is 3.50. The van der Waals surface area contributed by atoms with Crippen LogP contribution in [0.1, 0.15) is 37.7 Å². The molecule has 0 saturated heterocycles. The van der Waals surface area contributed by atoms with Crippen LogP contribution in [0.3, 0.4) is 0 Å². The predicted octanol–water partition coefficient (Wildman–Crippen LogP) is 5.15. The molecule has 0 unspecified atom stereocenters. The number of nitrogens with one attached hydrogen (secondary N) is 4. The fraction of sp³-hybridized carbons (Fsp3) is 0.333. The first-order chi connectivity index (χ1) is 14.2. The van der Waals surface area contributed by atoms with Crippen molar-refractivity contribution in [3.05, 3.63) is 47.4 Å². The first-order valence-corrected chi connectivity index (χ1v) is 10.8. The lowest BCUT2D eigenvalue weighted by Gasteiger charge is -2.23. The second-order valence-corrected chi connectivity index (χ2v) is 8.19. The zero-order valence-corrected chi connectivity index (χ0v) is 17.2. The SMILES string of the molecule is Cc1cncc(N/C=C(\C=N)Nc2nc(NC3CCCCC3)c3sccc3n2)c1. The zero-order chi connectivity index (χ0) is 20.1. The number of nitrogens with zero attached hydrogens (tertiary/aromatic N) is 3. The van der Waals surface area contributed by atoms with Gasteiger partial charge in [-0.1, -0.05) is 19.3 Å². The van der Waals surface area contributed by atoms with Crippen LogP contribution in [-0.2, 0) is 0 Å². The Kier molecular flexibility index (Phi) is 6.00. The fourth-order valence-corrected chi connectivity index (χ4v) is 4.28. The molecule has 0 radical (unpaired) electrons. The number of pyridine rings is 1. The van der Waals surface area contributed by atoms with Crippen molar-refractivity contribution in [2.45, 2.75) is 45.1 Å². The first-order valence-electron chi connectivity index (χ1n) is 9.89. The van der Waals surface area contributed by atoms with E-state index in [0.717, 1.165) is 27.3 Å². The molecule has 0 bridgehead atoms. The summed E-state index contributed by atoms with van der Waals surface area (Å²) >= 11 is 1.65. The highest BCUT2D eigenvalue weighted by Crippen LogP contribution is 2.30. The van der Waals surface area contributed by atoms with E-state index in [1.165, 1.54) is 38.3 Å². The van der Waals surface area contributed by atoms with E-state index in [4.69, 9.17) is 10.4 Å². The molecule has 3 aromatic rings. The van der Waals surface area contributed by atoms with Gasteiger partial charge in [-0.25, -0.2) is 4.98 Å². The molecule has 0 aliphatic heterocycles. The summed E-state index contributed by atoms with van der Waals surface area (Å²) in [6.45, 7) is 1.99. The molecule has 1 aliphatic carbocycles. The first kappa shape index (κ1) is 19.3. The van der Waals surface area contributed by atoms with Crippen molar-refractivity contribution in [2.75, 3.05) is 16.0 Å². The van der Waals surface area contributed by atoms with Crippen LogP contribution < -0.4 is 16.0 Å². The Morgan fingerprint density at radius 2 is 2.07 bits per heavy atom. The van der Waals surface area contributed by atoms with Crippen LogP contribution in [0.25, 0.3) is 10.2 Å². The molecule has 150 valence electrons. The number of hydrogen-bond donors (Lipinski definition) is 4. The summed E-state index contributed by atoms with van der Waals surface area (Å²) in [5, 5.41) is 19.7. The number of rotatable bonds is 7. The van der Waals surface area contributed by atoms with Gasteiger partial charge in [0.1, 0.15) is 5.82 Å². The summed E-state index contributed by atoms with van der Waals surface area (Å²) in [7, 11) is 0. The predicted molar refractivity (Wildman–Crippen MR) is 121 cm³/mol. The lowest BCUT2D eigenvalue weighted by molar-refractivity contribution is 0.462. The van der Waals surface area contributed by atoms with Gasteiger partial charge in [0.2, 0.25) is 5.95 Å². The second kappa shape index (κ2) is 9.00. The number of aromatic nitrogens is 3. The Hall–Kier alpha value is -3.00. The number of allylic oxidation sites excluding steroid dienone is 1. The quantitative estimate of drug-likeness (QED) is 0.404. The average Bonchev–Trinajstić information content (AvgIpc) is 3.21. The Balaban J connectivity index is 1.54. The summed E-state index contributed by atoms with van der Waals surface area (Å²) in [5.41, 5.74) is 3.40. The maximum absolute atomic E-state index is 7.73. The summed E-state index contributed by atoms with van der Waals surface area (Å²) in [5.74, 6) is 1.35. The van der Waals surface area contributed by atoms with E-state index in [0.29, 0.717) is 17.7 Å². The maximum Gasteiger partial charge on any atom is 0.229 e. The van der Waals surface area contributed by atoms with Crippen LogP contribution in [0.4, 0.5) is 17.5 Å². The second-order valence-electron chi connectivity index (χ2n) is 7.27. The minimum absolute atomic E-state index is 0.463. The van der Waals surface area contributed by atoms with Crippen LogP contribution >= 0.6 is 11.3 Å². The number of aryl methyl sites for hydroxylation is 1. The van der Waals surface area contributed by atoms with Gasteiger partial charge in [0.05, 0.1) is 27.8 Å². The molecular formula is C21H25N7S. The van der Waals surface area contributed by atoms with E-state index in [1.54, 1.807) is 29.9 Å². The van der Waals surface area contributed by atoms with E-state index in [1.807, 2.05) is 24.4 Å². The Morgan fingerprint density at radius 1 is 1.21 bits per heavy atom. The van der Waals surface area contributed by atoms with Gasteiger partial charge < -0.3 is 21.4 Å². The van der Waals surface area contributed by atoms with Crippen LogP contribution in [-0.4, -0.2) is 27.2 Å². The van der Waals surface area contributed by atoms with Gasteiger partial charge in [-0.2, -0.15) is 4.98 Å². The monoisotopic (exact) mass is 407 g/mol. The minimum atomic E-state index is 0.463. The third-order valence-corrected chi connectivity index (χ3v) is 5.84. The molecule has 0 aromatic carbocycles. The highest BCUT2D eigenvalue weighted by atomic mass is 32.1. The van der Waals surface area contributed by atoms with Crippen molar-refractivity contribution in [1.82, 2.24) is 15.0 Å². The molecule has 4 N–H and O–H groups in total. The molecule has 8 heteroatoms. The highest BCUT2D eigenvalue weighted by molar-refractivity contribution is 7.17. The third-order valence-electron chi connectivity index (χ3n) is 4.93. The summed E-state index contributed by atoms with van der Waals surface area (Å²) in [6, 6.07) is 4.46. The van der Waals surface area contributed by atoms with Gasteiger partial charge in [0.15, 0.2) is 0 Å². The van der Waals surface area contributed by atoms with Crippen molar-refractivity contribution >= 4 is 45.2 Å². The number of anilines is 3. The van der Waals surface area contributed by atoms with E-state index in [-0.39, 0.29) is 0 Å². The molecule has 3 aromatic heterocycles. The Labute approximate surface area is 174 Å². The standard InChI is InChI=1S/C21H25N7S/c1-14-9-16(12-23-11-14)24-13-17(10-22)26-21-27-18-7-8-29-19(18)20(28-21)25-15-5-3-2-4-6-15/h7-13,15,22,24H,2-6H2,1H3,(H2,25,26,27,28)/b17-13+,22-10?. The molecule has 1 aliphatic rings. The van der Waals surface area contributed by atoms with Crippen molar-refractivity contribution in [3.63, 3.8) is 0 Å². The van der Waals surface area contributed by atoms with Gasteiger partial charge in [0.25, 0.3) is 0 Å². The topological polar surface area (TPSA) is 98.6 Å². The van der Waals surface area contributed by atoms with E-state index in [2.05, 4.69) is 25.9 Å². The lowest BCUT2D eigenvalue weighted by Crippen LogP contribution is -2.23. The minimum Gasteiger partial charge on any atom is -0.366 e. The third kappa shape index (κ3) is 4.89. The van der Waals surface area contributed by atoms with Crippen molar-refractivity contribution in [1.29, 1.82) is 5.41 Å². The average molecular weight is 408 g/mol. The molecule has 29 heavy (non-hydrogen) atoms. The lowest BCUT2D eigenvalue weighted by atomic mass is 9.95. The van der Waals surface area contributed by atoms with E-state index >= 15 is 0 Å². The van der Waals surface area contributed by atoms with Crippen LogP contribution in [0.5, 0.6) is 0 Å². The Bertz CT molecular complexity index is 1020. The van der Waals surface area contributed by atoms with Crippen molar-refractivity contribution in [3.8, 4) is 0 Å². The van der Waals surface area contributed by atoms with E-state index in [9.17, 15) is 0 Å². The molecule has 1 fully saturated rings. The normalized spacial score (nSPS) is 15.3. The summed E-state index contributed by atoms with van der Waals surface area (Å²) in [6.07, 6.45) is 12.7. The van der Waals surface area contributed by atoms with Crippen molar-refractivity contribution < 1.29 is 0 Å².